The van der Waals surface area contributed by atoms with Crippen molar-refractivity contribution in [1.29, 1.82) is 0 Å². The van der Waals surface area contributed by atoms with E-state index in [1.54, 1.807) is 11.3 Å². The molecule has 2 heterocycles. The molecule has 1 aliphatic rings. The summed E-state index contributed by atoms with van der Waals surface area (Å²) in [6.07, 6.45) is 4.45. The highest BCUT2D eigenvalue weighted by molar-refractivity contribution is 7.15. The number of para-hydroxylation sites is 1. The second-order valence-electron chi connectivity index (χ2n) is 4.82. The van der Waals surface area contributed by atoms with Gasteiger partial charge in [0.05, 0.1) is 6.54 Å². The Kier molecular flexibility index (Phi) is 3.69. The molecule has 0 amide bonds. The lowest BCUT2D eigenvalue weighted by Crippen LogP contribution is -2.28. The Bertz CT molecular complexity index is 550. The van der Waals surface area contributed by atoms with Crippen LogP contribution in [0.15, 0.2) is 30.5 Å². The lowest BCUT2D eigenvalue weighted by Gasteiger charge is -2.30. The highest BCUT2D eigenvalue weighted by atomic mass is 32.1. The first-order valence-electron chi connectivity index (χ1n) is 6.88. The van der Waals surface area contributed by atoms with Gasteiger partial charge in [0.15, 0.2) is 5.13 Å². The van der Waals surface area contributed by atoms with Crippen molar-refractivity contribution in [2.45, 2.75) is 26.3 Å². The van der Waals surface area contributed by atoms with Crippen LogP contribution in [0.1, 0.15) is 23.8 Å². The summed E-state index contributed by atoms with van der Waals surface area (Å²) >= 11 is 1.76. The number of hydrogen-bond acceptors (Lipinski definition) is 4. The molecular weight excluding hydrogens is 254 g/mol. The number of aryl methyl sites for hydroxylation is 1. The molecule has 2 aromatic rings. The molecule has 0 aliphatic carbocycles. The number of anilines is 2. The van der Waals surface area contributed by atoms with Gasteiger partial charge >= 0.3 is 0 Å². The Morgan fingerprint density at radius 1 is 1.37 bits per heavy atom. The Labute approximate surface area is 118 Å². The van der Waals surface area contributed by atoms with E-state index in [0.29, 0.717) is 0 Å². The van der Waals surface area contributed by atoms with E-state index in [1.807, 2.05) is 6.20 Å². The third-order valence-electron chi connectivity index (χ3n) is 3.43. The summed E-state index contributed by atoms with van der Waals surface area (Å²) in [5, 5.41) is 4.30. The van der Waals surface area contributed by atoms with E-state index in [1.165, 1.54) is 29.0 Å². The zero-order valence-electron chi connectivity index (χ0n) is 11.2. The molecule has 4 heteroatoms. The van der Waals surface area contributed by atoms with Crippen molar-refractivity contribution in [3.63, 3.8) is 0 Å². The highest BCUT2D eigenvalue weighted by Crippen LogP contribution is 2.29. The lowest BCUT2D eigenvalue weighted by atomic mass is 10.0. The summed E-state index contributed by atoms with van der Waals surface area (Å²) in [6.45, 7) is 5.15. The van der Waals surface area contributed by atoms with E-state index in [2.05, 4.69) is 46.4 Å². The van der Waals surface area contributed by atoms with Crippen molar-refractivity contribution in [2.24, 2.45) is 0 Å². The van der Waals surface area contributed by atoms with Gasteiger partial charge < -0.3 is 10.2 Å². The predicted octanol–water partition coefficient (Wildman–Crippen LogP) is 3.53. The van der Waals surface area contributed by atoms with Gasteiger partial charge in [0.2, 0.25) is 0 Å². The molecule has 0 fully saturated rings. The fourth-order valence-electron chi connectivity index (χ4n) is 2.58. The maximum absolute atomic E-state index is 4.41. The van der Waals surface area contributed by atoms with Crippen LogP contribution in [0.4, 0.5) is 10.8 Å². The number of nitrogens with zero attached hydrogens (tertiary/aromatic N) is 2. The Morgan fingerprint density at radius 2 is 2.26 bits per heavy atom. The number of thiazole rings is 1. The number of hydrogen-bond donors (Lipinski definition) is 1. The van der Waals surface area contributed by atoms with Crippen LogP contribution in [0, 0.1) is 0 Å². The maximum atomic E-state index is 4.41. The molecule has 1 N–H and O–H groups in total. The van der Waals surface area contributed by atoms with E-state index in [4.69, 9.17) is 0 Å². The number of nitrogens with one attached hydrogen (secondary N) is 1. The first-order chi connectivity index (χ1) is 9.36. The zero-order valence-corrected chi connectivity index (χ0v) is 12.0. The molecule has 1 aromatic heterocycles. The van der Waals surface area contributed by atoms with Gasteiger partial charge in [-0.2, -0.15) is 0 Å². The van der Waals surface area contributed by atoms with Crippen molar-refractivity contribution in [1.82, 2.24) is 4.98 Å². The van der Waals surface area contributed by atoms with Crippen LogP contribution < -0.4 is 10.2 Å². The summed E-state index contributed by atoms with van der Waals surface area (Å²) < 4.78 is 0. The Balaban J connectivity index is 1.76. The first-order valence-corrected chi connectivity index (χ1v) is 7.70. The summed E-state index contributed by atoms with van der Waals surface area (Å²) in [5.41, 5.74) is 2.87. The minimum Gasteiger partial charge on any atom is -0.366 e. The van der Waals surface area contributed by atoms with Crippen molar-refractivity contribution in [3.8, 4) is 0 Å². The lowest BCUT2D eigenvalue weighted by molar-refractivity contribution is 0.694. The largest absolute Gasteiger partial charge is 0.366 e. The van der Waals surface area contributed by atoms with Crippen molar-refractivity contribution in [3.05, 3.63) is 40.9 Å². The van der Waals surface area contributed by atoms with Crippen molar-refractivity contribution < 1.29 is 0 Å². The van der Waals surface area contributed by atoms with Crippen LogP contribution in [0.5, 0.6) is 0 Å². The molecule has 0 atom stereocenters. The van der Waals surface area contributed by atoms with Crippen LogP contribution in [-0.4, -0.2) is 18.1 Å². The molecule has 3 rings (SSSR count). The normalized spacial score (nSPS) is 14.3. The van der Waals surface area contributed by atoms with Crippen LogP contribution in [0.25, 0.3) is 0 Å². The SMILES string of the molecule is CCNc1ncc(CN2CCCc3ccccc32)s1. The second-order valence-corrected chi connectivity index (χ2v) is 5.93. The summed E-state index contributed by atoms with van der Waals surface area (Å²) in [6, 6.07) is 8.76. The average Bonchev–Trinajstić information content (AvgIpc) is 2.87. The smallest absolute Gasteiger partial charge is 0.182 e. The second kappa shape index (κ2) is 5.61. The molecule has 0 spiro atoms. The fraction of sp³-hybridized carbons (Fsp3) is 0.400. The minimum absolute atomic E-state index is 0.930. The topological polar surface area (TPSA) is 28.2 Å². The minimum atomic E-state index is 0.930. The number of fused-ring (bicyclic) bond motifs is 1. The summed E-state index contributed by atoms with van der Waals surface area (Å²) in [7, 11) is 0. The highest BCUT2D eigenvalue weighted by Gasteiger charge is 2.17. The van der Waals surface area contributed by atoms with E-state index < -0.39 is 0 Å². The zero-order chi connectivity index (χ0) is 13.1. The fourth-order valence-corrected chi connectivity index (χ4v) is 3.47. The van der Waals surface area contributed by atoms with Crippen molar-refractivity contribution >= 4 is 22.2 Å². The van der Waals surface area contributed by atoms with Gasteiger partial charge in [-0.25, -0.2) is 4.98 Å². The quantitative estimate of drug-likeness (QED) is 0.923. The first kappa shape index (κ1) is 12.5. The van der Waals surface area contributed by atoms with E-state index >= 15 is 0 Å². The van der Waals surface area contributed by atoms with Gasteiger partial charge in [-0.3, -0.25) is 0 Å². The Morgan fingerprint density at radius 3 is 3.16 bits per heavy atom. The Hall–Kier alpha value is -1.55. The number of aromatic nitrogens is 1. The average molecular weight is 273 g/mol. The number of rotatable bonds is 4. The molecule has 1 aromatic carbocycles. The van der Waals surface area contributed by atoms with Crippen LogP contribution in [-0.2, 0) is 13.0 Å². The molecule has 0 unspecified atom stereocenters. The maximum Gasteiger partial charge on any atom is 0.182 e. The summed E-state index contributed by atoms with van der Waals surface area (Å²) in [5.74, 6) is 0. The van der Waals surface area contributed by atoms with Crippen LogP contribution in [0.2, 0.25) is 0 Å². The van der Waals surface area contributed by atoms with E-state index in [-0.39, 0.29) is 0 Å². The van der Waals surface area contributed by atoms with Crippen molar-refractivity contribution in [2.75, 3.05) is 23.3 Å². The molecule has 0 saturated carbocycles. The van der Waals surface area contributed by atoms with Gasteiger partial charge in [0, 0.05) is 29.9 Å². The molecular formula is C15H19N3S. The molecule has 1 aliphatic heterocycles. The standard InChI is InChI=1S/C15H19N3S/c1-2-16-15-17-10-13(19-15)11-18-9-5-7-12-6-3-4-8-14(12)18/h3-4,6,8,10H,2,5,7,9,11H2,1H3,(H,16,17). The molecule has 0 radical (unpaired) electrons. The number of benzene rings is 1. The van der Waals surface area contributed by atoms with Gasteiger partial charge in [-0.1, -0.05) is 18.2 Å². The molecule has 3 nitrogen and oxygen atoms in total. The molecule has 0 saturated heterocycles. The van der Waals surface area contributed by atoms with Crippen LogP contribution >= 0.6 is 11.3 Å². The van der Waals surface area contributed by atoms with E-state index in [9.17, 15) is 0 Å². The third-order valence-corrected chi connectivity index (χ3v) is 4.37. The van der Waals surface area contributed by atoms with E-state index in [0.717, 1.165) is 24.8 Å². The van der Waals surface area contributed by atoms with Gasteiger partial charge in [-0.05, 0) is 31.4 Å². The van der Waals surface area contributed by atoms with Gasteiger partial charge in [0.25, 0.3) is 0 Å². The molecule has 19 heavy (non-hydrogen) atoms. The monoisotopic (exact) mass is 273 g/mol. The third kappa shape index (κ3) is 2.73. The predicted molar refractivity (Wildman–Crippen MR) is 82.1 cm³/mol. The molecule has 100 valence electrons. The van der Waals surface area contributed by atoms with Crippen LogP contribution in [0.3, 0.4) is 0 Å². The summed E-state index contributed by atoms with van der Waals surface area (Å²) in [4.78, 5) is 8.21. The van der Waals surface area contributed by atoms with Gasteiger partial charge in [-0.15, -0.1) is 11.3 Å². The molecule has 0 bridgehead atoms. The van der Waals surface area contributed by atoms with Gasteiger partial charge in [0.1, 0.15) is 0 Å².